The van der Waals surface area contributed by atoms with E-state index in [0.717, 1.165) is 5.76 Å². The van der Waals surface area contributed by atoms with Crippen molar-refractivity contribution in [3.8, 4) is 0 Å². The first kappa shape index (κ1) is 17.2. The molecule has 0 atom stereocenters. The van der Waals surface area contributed by atoms with Gasteiger partial charge in [0.25, 0.3) is 5.91 Å². The first-order valence-corrected chi connectivity index (χ1v) is 8.13. The summed E-state index contributed by atoms with van der Waals surface area (Å²) in [6.07, 6.45) is 2.94. The van der Waals surface area contributed by atoms with Gasteiger partial charge in [0, 0.05) is 11.8 Å². The summed E-state index contributed by atoms with van der Waals surface area (Å²) in [5.74, 6) is 0.720. The molecule has 2 N–H and O–H groups in total. The maximum Gasteiger partial charge on any atom is 0.257 e. The SMILES string of the molecule is Cc1ccc(C=CC(=O)Nc2ccccc2C(=O)Nc2ccccc2)o1. The summed E-state index contributed by atoms with van der Waals surface area (Å²) < 4.78 is 5.38. The van der Waals surface area contributed by atoms with Gasteiger partial charge in [-0.15, -0.1) is 0 Å². The van der Waals surface area contributed by atoms with E-state index in [2.05, 4.69) is 10.6 Å². The van der Waals surface area contributed by atoms with E-state index < -0.39 is 0 Å². The molecular weight excluding hydrogens is 328 g/mol. The number of anilines is 2. The molecule has 0 bridgehead atoms. The van der Waals surface area contributed by atoms with Crippen molar-refractivity contribution in [2.45, 2.75) is 6.92 Å². The van der Waals surface area contributed by atoms with Gasteiger partial charge >= 0.3 is 0 Å². The molecule has 0 aliphatic heterocycles. The summed E-state index contributed by atoms with van der Waals surface area (Å²) in [5, 5.41) is 5.54. The monoisotopic (exact) mass is 346 g/mol. The number of aryl methyl sites for hydroxylation is 1. The average molecular weight is 346 g/mol. The second kappa shape index (κ2) is 7.98. The smallest absolute Gasteiger partial charge is 0.257 e. The molecule has 2 aromatic carbocycles. The summed E-state index contributed by atoms with van der Waals surface area (Å²) in [6.45, 7) is 1.83. The minimum Gasteiger partial charge on any atom is -0.462 e. The Morgan fingerprint density at radius 2 is 1.62 bits per heavy atom. The van der Waals surface area contributed by atoms with Gasteiger partial charge in [-0.1, -0.05) is 30.3 Å². The predicted octanol–water partition coefficient (Wildman–Crippen LogP) is 4.49. The van der Waals surface area contributed by atoms with Crippen molar-refractivity contribution in [3.63, 3.8) is 0 Å². The van der Waals surface area contributed by atoms with Crippen LogP contribution in [0, 0.1) is 6.92 Å². The third kappa shape index (κ3) is 4.48. The van der Waals surface area contributed by atoms with E-state index in [-0.39, 0.29) is 11.8 Å². The van der Waals surface area contributed by atoms with Gasteiger partial charge in [-0.2, -0.15) is 0 Å². The normalized spacial score (nSPS) is 10.7. The van der Waals surface area contributed by atoms with Crippen LogP contribution in [-0.4, -0.2) is 11.8 Å². The minimum atomic E-state index is -0.348. The zero-order valence-electron chi connectivity index (χ0n) is 14.2. The van der Waals surface area contributed by atoms with Crippen molar-refractivity contribution in [1.29, 1.82) is 0 Å². The van der Waals surface area contributed by atoms with Crippen LogP contribution in [0.3, 0.4) is 0 Å². The molecule has 130 valence electrons. The zero-order chi connectivity index (χ0) is 18.4. The Balaban J connectivity index is 1.71. The van der Waals surface area contributed by atoms with Gasteiger partial charge in [0.05, 0.1) is 11.3 Å². The third-order valence-electron chi connectivity index (χ3n) is 3.62. The first-order valence-electron chi connectivity index (χ1n) is 8.13. The summed E-state index contributed by atoms with van der Waals surface area (Å²) in [4.78, 5) is 24.7. The predicted molar refractivity (Wildman–Crippen MR) is 102 cm³/mol. The number of furan rings is 1. The van der Waals surface area contributed by atoms with Crippen LogP contribution >= 0.6 is 0 Å². The number of carbonyl (C=O) groups is 2. The molecule has 3 aromatic rings. The van der Waals surface area contributed by atoms with Crippen LogP contribution in [0.25, 0.3) is 6.08 Å². The maximum absolute atomic E-state index is 12.5. The Morgan fingerprint density at radius 3 is 2.35 bits per heavy atom. The van der Waals surface area contributed by atoms with E-state index in [1.54, 1.807) is 48.5 Å². The Kier molecular flexibility index (Phi) is 5.29. The van der Waals surface area contributed by atoms with Gasteiger partial charge in [-0.3, -0.25) is 9.59 Å². The van der Waals surface area contributed by atoms with E-state index in [0.29, 0.717) is 22.7 Å². The van der Waals surface area contributed by atoms with E-state index in [9.17, 15) is 9.59 Å². The Bertz CT molecular complexity index is 943. The van der Waals surface area contributed by atoms with Crippen molar-refractivity contribution < 1.29 is 14.0 Å². The highest BCUT2D eigenvalue weighted by molar-refractivity contribution is 6.11. The van der Waals surface area contributed by atoms with Crippen LogP contribution in [0.2, 0.25) is 0 Å². The lowest BCUT2D eigenvalue weighted by Gasteiger charge is -2.10. The van der Waals surface area contributed by atoms with Crippen LogP contribution in [0.15, 0.2) is 77.2 Å². The highest BCUT2D eigenvalue weighted by Gasteiger charge is 2.12. The lowest BCUT2D eigenvalue weighted by Crippen LogP contribution is -2.16. The lowest BCUT2D eigenvalue weighted by molar-refractivity contribution is -0.111. The summed E-state index contributed by atoms with van der Waals surface area (Å²) in [5.41, 5.74) is 1.50. The van der Waals surface area contributed by atoms with Gasteiger partial charge in [-0.25, -0.2) is 0 Å². The molecule has 0 saturated carbocycles. The molecule has 0 radical (unpaired) electrons. The lowest BCUT2D eigenvalue weighted by atomic mass is 10.1. The van der Waals surface area contributed by atoms with Crippen molar-refractivity contribution in [2.24, 2.45) is 0 Å². The molecule has 1 aromatic heterocycles. The van der Waals surface area contributed by atoms with Crippen molar-refractivity contribution in [1.82, 2.24) is 0 Å². The van der Waals surface area contributed by atoms with Gasteiger partial charge in [0.2, 0.25) is 5.91 Å². The largest absolute Gasteiger partial charge is 0.462 e. The molecule has 0 aliphatic rings. The van der Waals surface area contributed by atoms with Crippen LogP contribution in [0.1, 0.15) is 21.9 Å². The summed E-state index contributed by atoms with van der Waals surface area (Å²) >= 11 is 0. The van der Waals surface area contributed by atoms with Crippen LogP contribution in [0.4, 0.5) is 11.4 Å². The van der Waals surface area contributed by atoms with Crippen molar-refractivity contribution in [3.05, 3.63) is 89.9 Å². The minimum absolute atomic E-state index is 0.294. The first-order chi connectivity index (χ1) is 12.6. The zero-order valence-corrected chi connectivity index (χ0v) is 14.2. The van der Waals surface area contributed by atoms with Crippen LogP contribution in [-0.2, 0) is 4.79 Å². The van der Waals surface area contributed by atoms with E-state index in [4.69, 9.17) is 4.42 Å². The topological polar surface area (TPSA) is 71.3 Å². The molecular formula is C21H18N2O3. The van der Waals surface area contributed by atoms with Gasteiger partial charge in [0.1, 0.15) is 11.5 Å². The quantitative estimate of drug-likeness (QED) is 0.669. The van der Waals surface area contributed by atoms with E-state index >= 15 is 0 Å². The van der Waals surface area contributed by atoms with E-state index in [1.165, 1.54) is 6.08 Å². The highest BCUT2D eigenvalue weighted by atomic mass is 16.3. The molecule has 1 heterocycles. The number of hydrogen-bond acceptors (Lipinski definition) is 3. The van der Waals surface area contributed by atoms with Gasteiger partial charge in [-0.05, 0) is 49.4 Å². The number of para-hydroxylation sites is 2. The molecule has 0 saturated heterocycles. The van der Waals surface area contributed by atoms with Crippen LogP contribution in [0.5, 0.6) is 0 Å². The Morgan fingerprint density at radius 1 is 0.885 bits per heavy atom. The van der Waals surface area contributed by atoms with Gasteiger partial charge in [0.15, 0.2) is 0 Å². The Hall–Kier alpha value is -3.60. The average Bonchev–Trinajstić information content (AvgIpc) is 3.06. The van der Waals surface area contributed by atoms with Crippen molar-refractivity contribution >= 4 is 29.3 Å². The molecule has 0 aliphatic carbocycles. The third-order valence-corrected chi connectivity index (χ3v) is 3.62. The highest BCUT2D eigenvalue weighted by Crippen LogP contribution is 2.18. The fourth-order valence-corrected chi connectivity index (χ4v) is 2.39. The molecule has 0 unspecified atom stereocenters. The molecule has 5 heteroatoms. The Labute approximate surface area is 151 Å². The fraction of sp³-hybridized carbons (Fsp3) is 0.0476. The summed E-state index contributed by atoms with van der Waals surface area (Å²) in [7, 11) is 0. The second-order valence-electron chi connectivity index (χ2n) is 5.64. The number of rotatable bonds is 5. The molecule has 0 spiro atoms. The molecule has 2 amide bonds. The van der Waals surface area contributed by atoms with E-state index in [1.807, 2.05) is 31.2 Å². The summed E-state index contributed by atoms with van der Waals surface area (Å²) in [6, 6.07) is 19.6. The molecule has 5 nitrogen and oxygen atoms in total. The number of nitrogens with one attached hydrogen (secondary N) is 2. The maximum atomic E-state index is 12.5. The fourth-order valence-electron chi connectivity index (χ4n) is 2.39. The molecule has 26 heavy (non-hydrogen) atoms. The molecule has 3 rings (SSSR count). The number of carbonyl (C=O) groups excluding carboxylic acids is 2. The number of amides is 2. The molecule has 0 fully saturated rings. The standard InChI is InChI=1S/C21H18N2O3/c1-15-11-12-17(26-15)13-14-20(24)23-19-10-6-5-9-18(19)21(25)22-16-7-3-2-4-8-16/h2-14H,1H3,(H,22,25)(H,23,24). The van der Waals surface area contributed by atoms with Crippen LogP contribution < -0.4 is 10.6 Å². The second-order valence-corrected chi connectivity index (χ2v) is 5.64. The van der Waals surface area contributed by atoms with Crippen molar-refractivity contribution in [2.75, 3.05) is 10.6 Å². The number of hydrogen-bond donors (Lipinski definition) is 2. The number of benzene rings is 2. The van der Waals surface area contributed by atoms with Gasteiger partial charge < -0.3 is 15.1 Å².